The van der Waals surface area contributed by atoms with Gasteiger partial charge in [0.2, 0.25) is 0 Å². The van der Waals surface area contributed by atoms with Crippen molar-refractivity contribution in [1.82, 2.24) is 62.0 Å². The van der Waals surface area contributed by atoms with Gasteiger partial charge in [0.05, 0.1) is 64.4 Å². The van der Waals surface area contributed by atoms with Gasteiger partial charge in [-0.05, 0) is 246 Å². The molecule has 9 N–H and O–H groups in total. The fraction of sp³-hybridized carbons (Fsp3) is 0.539. The van der Waals surface area contributed by atoms with Gasteiger partial charge < -0.3 is 50.6 Å². The Morgan fingerprint density at radius 2 is 0.745 bits per heavy atom. The summed E-state index contributed by atoms with van der Waals surface area (Å²) in [6.07, 6.45) is 0.951. The third-order valence-corrected chi connectivity index (χ3v) is 33.9. The van der Waals surface area contributed by atoms with Crippen LogP contribution in [0.5, 0.6) is 17.2 Å². The molecule has 149 heavy (non-hydrogen) atoms. The van der Waals surface area contributed by atoms with E-state index >= 15 is 0 Å². The maximum atomic E-state index is 14.6. The average Bonchev–Trinajstić information content (AvgIpc) is 1.64. The number of anilines is 5. The lowest BCUT2D eigenvalue weighted by molar-refractivity contribution is -0.141. The number of aromatic nitrogens is 5. The van der Waals surface area contributed by atoms with Gasteiger partial charge in [-0.3, -0.25) is 19.2 Å². The maximum Gasteiger partial charge on any atom is 0.433 e. The summed E-state index contributed by atoms with van der Waals surface area (Å²) in [5.41, 5.74) is 11.4. The molecular weight excluding hydrogens is 2040 g/mol. The molecule has 0 radical (unpaired) electrons. The summed E-state index contributed by atoms with van der Waals surface area (Å²) in [6, 6.07) is 27.8. The molecule has 816 valence electrons. The van der Waals surface area contributed by atoms with Crippen molar-refractivity contribution >= 4 is 103 Å². The van der Waals surface area contributed by atoms with Crippen molar-refractivity contribution in [3.8, 4) is 51.0 Å². The Labute approximate surface area is 870 Å². The number of halogens is 6. The Morgan fingerprint density at radius 1 is 0.423 bits per heavy atom. The number of pyridine rings is 5. The summed E-state index contributed by atoms with van der Waals surface area (Å²) in [5, 5.41) is 1.77. The number of carbonyl (C=O) groups is 4. The van der Waals surface area contributed by atoms with Crippen molar-refractivity contribution in [2.45, 2.75) is 220 Å². The smallest absolute Gasteiger partial charge is 0.433 e. The topological polar surface area (TPSA) is 466 Å². The molecule has 7 saturated heterocycles. The monoisotopic (exact) mass is 2180 g/mol. The first kappa shape index (κ1) is 116. The Balaban J connectivity index is 0.000000177. The van der Waals surface area contributed by atoms with E-state index in [1.54, 1.807) is 60.5 Å². The van der Waals surface area contributed by atoms with Crippen LogP contribution in [0.15, 0.2) is 126 Å². The Bertz CT molecular complexity index is 6870. The number of sulfonamides is 1. The van der Waals surface area contributed by atoms with Crippen LogP contribution in [0.25, 0.3) is 33.8 Å². The highest BCUT2D eigenvalue weighted by Crippen LogP contribution is 2.45. The number of rotatable bonds is 30. The first-order valence-electron chi connectivity index (χ1n) is 49.6. The van der Waals surface area contributed by atoms with Gasteiger partial charge in [-0.1, -0.05) is 75.3 Å². The molecule has 0 aliphatic carbocycles. The molecule has 4 amide bonds. The summed E-state index contributed by atoms with van der Waals surface area (Å²) in [7, 11) is -18.5. The second kappa shape index (κ2) is 46.2. The molecule has 8 aromatic rings. The number of benzene rings is 3. The number of hydrogen-bond acceptors (Lipinski definition) is 29. The maximum absolute atomic E-state index is 14.6. The minimum Gasteiger partial charge on any atom is -0.493 e. The highest BCUT2D eigenvalue weighted by Gasteiger charge is 2.47. The van der Waals surface area contributed by atoms with E-state index in [0.29, 0.717) is 159 Å². The van der Waals surface area contributed by atoms with Crippen LogP contribution in [0, 0.1) is 58.9 Å². The van der Waals surface area contributed by atoms with Crippen molar-refractivity contribution < 1.29 is 102 Å². The largest absolute Gasteiger partial charge is 0.493 e. The third-order valence-electron chi connectivity index (χ3n) is 26.7. The van der Waals surface area contributed by atoms with Gasteiger partial charge in [-0.2, -0.15) is 59.8 Å². The highest BCUT2D eigenvalue weighted by atomic mass is 32.2. The number of ether oxygens (including phenoxy) is 3. The summed E-state index contributed by atoms with van der Waals surface area (Å²) in [6.45, 7) is 40.6. The van der Waals surface area contributed by atoms with E-state index in [4.69, 9.17) is 40.6 Å². The van der Waals surface area contributed by atoms with E-state index in [0.717, 1.165) is 42.0 Å². The zero-order valence-corrected chi connectivity index (χ0v) is 91.8. The molecule has 15 rings (SSSR count). The van der Waals surface area contributed by atoms with Crippen molar-refractivity contribution in [3.05, 3.63) is 167 Å². The third kappa shape index (κ3) is 29.4. The molecule has 47 heteroatoms. The molecule has 3 aromatic carbocycles. The van der Waals surface area contributed by atoms with Crippen LogP contribution in [0.4, 0.5) is 55.4 Å². The zero-order chi connectivity index (χ0) is 110. The Morgan fingerprint density at radius 3 is 1.04 bits per heavy atom. The molecule has 7 atom stereocenters. The van der Waals surface area contributed by atoms with Gasteiger partial charge >= 0.3 is 36.8 Å². The van der Waals surface area contributed by atoms with Crippen molar-refractivity contribution in [3.63, 3.8) is 0 Å². The van der Waals surface area contributed by atoms with Gasteiger partial charge in [0.1, 0.15) is 69.5 Å². The number of carbonyl (C=O) groups excluding carboxylic acids is 4. The van der Waals surface area contributed by atoms with Gasteiger partial charge in [0.15, 0.2) is 14.9 Å². The van der Waals surface area contributed by atoms with Crippen molar-refractivity contribution in [2.24, 2.45) is 47.2 Å². The molecule has 0 saturated carbocycles. The second-order valence-electron chi connectivity index (χ2n) is 43.6. The first-order chi connectivity index (χ1) is 69.2. The van der Waals surface area contributed by atoms with Crippen LogP contribution >= 0.6 is 0 Å². The summed E-state index contributed by atoms with van der Waals surface area (Å²) in [5.74, 6) is -1.13. The molecule has 12 heterocycles. The predicted octanol–water partition coefficient (Wildman–Crippen LogP) is 13.8. The van der Waals surface area contributed by atoms with E-state index in [1.165, 1.54) is 63.2 Å². The van der Waals surface area contributed by atoms with E-state index in [-0.39, 0.29) is 131 Å². The van der Waals surface area contributed by atoms with Gasteiger partial charge in [-0.15, -0.1) is 0 Å². The van der Waals surface area contributed by atoms with Gasteiger partial charge in [-0.25, -0.2) is 65.4 Å². The minimum atomic E-state index is -4.73. The van der Waals surface area contributed by atoms with Crippen LogP contribution in [0.3, 0.4) is 0 Å². The summed E-state index contributed by atoms with van der Waals surface area (Å²) in [4.78, 5) is 82.6. The van der Waals surface area contributed by atoms with E-state index in [2.05, 4.69) is 77.9 Å². The Hall–Kier alpha value is -11.2. The standard InChI is InChI=1S/C28H40FN5O4S.C28H39FN4O6S2.C27H38FN5O4S.C19H22F3N5O3S/c1-18(2)17-38-23-12-20(11-21(29)13-23)25-8-7-24(26(31-25)34-15-19(3)14-28(34,4)5)27(35)32-39(36,37)33-10-9-22(16-33)30-6;1-18(2)17-39-22-12-20(11-21(29)13-22)25-8-7-24(26(30-25)33-15-19(3)14-28(33,4)5)27(34)31-41(37,38)32-10-9-23(16-32)40(6,35)36;1-17(2)16-37-22-11-19(10-20(28)12-22)24-7-6-23(25(30-24)33-14-18(3)13-27(33,4)5)26(34)31-38(35,36)32-9-8-21(29)15-32;1-11-9-18(2,3)27(10-11)16-12(7-8-13(24-16)19(20,21)22)17(28)26-31(29,30)15-6-4-5-14(23)25-15/h7-8,11-13,18-19,22,30H,9-10,14-17H2,1-6H3,(H,32,35);7-8,11-13,18-19,23H,9-10,14-17H2,1-6H3,(H,31,34);6-7,10-12,17-18,21H,8-9,13-16,29H2,1-5H3,(H,31,34);4-8,11H,9-10H2,1-3H3,(H2,23,25)(H,26,28)/t;19-,23?;18-,21-;11-/m.000/s1. The van der Waals surface area contributed by atoms with Crippen LogP contribution in [0.2, 0.25) is 0 Å². The molecule has 0 bridgehead atoms. The van der Waals surface area contributed by atoms with E-state index in [1.807, 2.05) is 95.6 Å². The fourth-order valence-corrected chi connectivity index (χ4v) is 25.5. The number of nitrogens with two attached hydrogens (primary N) is 2. The SMILES string of the molecule is CC(C)COc1cc(F)cc(-c2ccc(C(=O)NS(=O)(=O)N3CCC(S(C)(=O)=O)C3)c(N3C[C@@H](C)CC3(C)C)n2)c1.CC(C)COc1cc(F)cc(-c2ccc(C(=O)NS(=O)(=O)N3CC[C@H](N)C3)c(N3C[C@@H](C)CC3(C)C)n2)c1.CNC1CCN(S(=O)(=O)NC(=O)c2ccc(-c3cc(F)cc(OCC(C)C)c3)nc2N2CC(C)CC2(C)C)C1.C[C@@H]1CN(c2nc(C(F)(F)F)ccc2C(=O)NS(=O)(=O)c2cccc(N)n2)C(C)(C)C1. The second-order valence-corrected chi connectivity index (χ2v) is 52.6. The molecule has 5 aromatic heterocycles. The van der Waals surface area contributed by atoms with E-state index in [9.17, 15) is 87.6 Å². The van der Waals surface area contributed by atoms with Crippen LogP contribution in [0.1, 0.15) is 217 Å². The molecule has 3 unspecified atom stereocenters. The van der Waals surface area contributed by atoms with Crippen LogP contribution in [-0.4, -0.2) is 242 Å². The van der Waals surface area contributed by atoms with Crippen molar-refractivity contribution in [2.75, 3.05) is 124 Å². The lowest BCUT2D eigenvalue weighted by Crippen LogP contribution is -2.45. The van der Waals surface area contributed by atoms with Crippen LogP contribution < -0.4 is 69.5 Å². The van der Waals surface area contributed by atoms with Gasteiger partial charge in [0, 0.05) is 141 Å². The fourth-order valence-electron chi connectivity index (χ4n) is 19.9. The summed E-state index contributed by atoms with van der Waals surface area (Å²) >= 11 is 0. The zero-order valence-electron chi connectivity index (χ0n) is 87.7. The number of alkyl halides is 3. The normalized spacial score (nSPS) is 21.0. The van der Waals surface area contributed by atoms with Gasteiger partial charge in [0.25, 0.3) is 33.7 Å². The lowest BCUT2D eigenvalue weighted by Gasteiger charge is -2.34. The molecule has 7 fully saturated rings. The minimum absolute atomic E-state index is 0.0121. The van der Waals surface area contributed by atoms with E-state index < -0.39 is 119 Å². The first-order valence-corrected chi connectivity index (χ1v) is 57.4. The van der Waals surface area contributed by atoms with Crippen molar-refractivity contribution in [1.29, 1.82) is 0 Å². The number of amides is 4. The number of hydrogen-bond donors (Lipinski definition) is 7. The number of nitrogen functional groups attached to an aromatic ring is 1. The number of sulfone groups is 1. The number of nitrogens with one attached hydrogen (secondary N) is 5. The quantitative estimate of drug-likeness (QED) is 0.0206. The number of nitrogens with zero attached hydrogens (tertiary/aromatic N) is 12. The summed E-state index contributed by atoms with van der Waals surface area (Å²) < 4.78 is 240. The molecule has 7 aliphatic heterocycles. The predicted molar refractivity (Wildman–Crippen MR) is 560 cm³/mol. The average molecular weight is 2180 g/mol. The Kier molecular flexibility index (Phi) is 36.1. The molecule has 36 nitrogen and oxygen atoms in total. The molecular formula is C102H139F6N19O17S5. The number of likely N-dealkylation sites (N-methyl/N-ethyl adjacent to an activating group) is 1. The van der Waals surface area contributed by atoms with Crippen LogP contribution in [-0.2, 0) is 56.7 Å². The molecule has 7 aliphatic rings. The lowest BCUT2D eigenvalue weighted by atomic mass is 9.97. The molecule has 0 spiro atoms. The highest BCUT2D eigenvalue weighted by molar-refractivity contribution is 7.91.